The summed E-state index contributed by atoms with van der Waals surface area (Å²) in [6.07, 6.45) is -2.78. The molecule has 1 fully saturated rings. The van der Waals surface area contributed by atoms with E-state index >= 15 is 0 Å². The van der Waals surface area contributed by atoms with E-state index < -0.39 is 50.8 Å². The average molecular weight is 362 g/mol. The Morgan fingerprint density at radius 1 is 1.00 bits per heavy atom. The van der Waals surface area contributed by atoms with Gasteiger partial charge in [0.05, 0.1) is 0 Å². The van der Waals surface area contributed by atoms with Crippen molar-refractivity contribution in [2.45, 2.75) is 71.4 Å². The van der Waals surface area contributed by atoms with Gasteiger partial charge in [0.25, 0.3) is 0 Å². The molecule has 0 amide bonds. The van der Waals surface area contributed by atoms with Crippen molar-refractivity contribution in [3.8, 4) is 0 Å². The normalized spacial score (nSPS) is 27.2. The van der Waals surface area contributed by atoms with E-state index in [1.54, 1.807) is 0 Å². The van der Waals surface area contributed by atoms with E-state index in [1.165, 1.54) is 20.8 Å². The summed E-state index contributed by atoms with van der Waals surface area (Å²) in [5.41, 5.74) is 0. The second-order valence-electron chi connectivity index (χ2n) is 6.59. The first kappa shape index (κ1) is 20.6. The molecule has 0 aromatic rings. The Hall–Kier alpha value is -1.45. The van der Waals surface area contributed by atoms with E-state index in [1.807, 2.05) is 19.6 Å². The van der Waals surface area contributed by atoms with Crippen LogP contribution in [0.15, 0.2) is 0 Å². The summed E-state index contributed by atoms with van der Waals surface area (Å²) in [7, 11) is -1.92. The van der Waals surface area contributed by atoms with Gasteiger partial charge < -0.3 is 23.4 Å². The van der Waals surface area contributed by atoms with Gasteiger partial charge in [-0.25, -0.2) is 0 Å². The van der Waals surface area contributed by atoms with Gasteiger partial charge in [0.2, 0.25) is 0 Å². The molecule has 0 radical (unpaired) electrons. The highest BCUT2D eigenvalue weighted by Crippen LogP contribution is 2.28. The number of carbonyl (C=O) groups excluding carboxylic acids is 3. The molecule has 9 heteroatoms. The quantitative estimate of drug-likeness (QED) is 0.397. The predicted molar refractivity (Wildman–Crippen MR) is 85.5 cm³/mol. The zero-order chi connectivity index (χ0) is 18.5. The van der Waals surface area contributed by atoms with Crippen LogP contribution >= 0.6 is 0 Å². The zero-order valence-electron chi connectivity index (χ0n) is 15.0. The summed E-state index contributed by atoms with van der Waals surface area (Å²) < 4.78 is 27.3. The van der Waals surface area contributed by atoms with Gasteiger partial charge >= 0.3 is 17.9 Å². The first-order valence-electron chi connectivity index (χ1n) is 7.79. The van der Waals surface area contributed by atoms with Crippen LogP contribution in [0.1, 0.15) is 27.2 Å². The lowest BCUT2D eigenvalue weighted by atomic mass is 10.0. The van der Waals surface area contributed by atoms with Gasteiger partial charge in [0.1, 0.15) is 18.8 Å². The third-order valence-corrected chi connectivity index (χ3v) is 4.01. The van der Waals surface area contributed by atoms with Gasteiger partial charge in [-0.05, 0) is 19.6 Å². The SMILES string of the molecule is CC(=O)OC[C@H]1O[C@H](O[Si](C)(C)C)C[C@@H](OC(C)=O)[C@@H]1OC(C)=O. The minimum atomic E-state index is -1.92. The van der Waals surface area contributed by atoms with Crippen molar-refractivity contribution in [2.24, 2.45) is 0 Å². The topological polar surface area (TPSA) is 97.4 Å². The molecular weight excluding hydrogens is 336 g/mol. The average Bonchev–Trinajstić information content (AvgIpc) is 2.36. The maximum Gasteiger partial charge on any atom is 0.303 e. The van der Waals surface area contributed by atoms with Crippen molar-refractivity contribution in [3.63, 3.8) is 0 Å². The highest BCUT2D eigenvalue weighted by atomic mass is 28.4. The molecule has 1 heterocycles. The highest BCUT2D eigenvalue weighted by Gasteiger charge is 2.45. The lowest BCUT2D eigenvalue weighted by molar-refractivity contribution is -0.247. The lowest BCUT2D eigenvalue weighted by Crippen LogP contribution is -2.55. The first-order chi connectivity index (χ1) is 11.0. The summed E-state index contributed by atoms with van der Waals surface area (Å²) in [5.74, 6) is -1.53. The van der Waals surface area contributed by atoms with Gasteiger partial charge in [0, 0.05) is 27.2 Å². The van der Waals surface area contributed by atoms with Gasteiger partial charge in [0.15, 0.2) is 20.7 Å². The molecule has 1 aliphatic heterocycles. The second-order valence-corrected chi connectivity index (χ2v) is 11.1. The molecule has 0 N–H and O–H groups in total. The Balaban J connectivity index is 2.97. The predicted octanol–water partition coefficient (Wildman–Crippen LogP) is 1.38. The van der Waals surface area contributed by atoms with E-state index in [-0.39, 0.29) is 13.0 Å². The monoisotopic (exact) mass is 362 g/mol. The van der Waals surface area contributed by atoms with Crippen molar-refractivity contribution in [1.29, 1.82) is 0 Å². The van der Waals surface area contributed by atoms with Crippen LogP contribution in [0.25, 0.3) is 0 Å². The Labute approximate surface area is 142 Å². The molecule has 0 aliphatic carbocycles. The molecule has 1 aliphatic rings. The molecule has 8 nitrogen and oxygen atoms in total. The van der Waals surface area contributed by atoms with Gasteiger partial charge in [-0.2, -0.15) is 0 Å². The van der Waals surface area contributed by atoms with Crippen LogP contribution in [-0.4, -0.2) is 57.4 Å². The largest absolute Gasteiger partial charge is 0.463 e. The number of carbonyl (C=O) groups is 3. The molecule has 0 aromatic heterocycles. The molecule has 0 aromatic carbocycles. The molecule has 24 heavy (non-hydrogen) atoms. The number of hydrogen-bond acceptors (Lipinski definition) is 8. The minimum absolute atomic E-state index is 0.128. The van der Waals surface area contributed by atoms with E-state index in [9.17, 15) is 14.4 Å². The summed E-state index contributed by atoms with van der Waals surface area (Å²) >= 11 is 0. The third kappa shape index (κ3) is 7.41. The summed E-state index contributed by atoms with van der Waals surface area (Å²) in [5, 5.41) is 0. The van der Waals surface area contributed by atoms with Crippen molar-refractivity contribution in [3.05, 3.63) is 0 Å². The van der Waals surface area contributed by atoms with Crippen LogP contribution in [0.3, 0.4) is 0 Å². The molecule has 4 atom stereocenters. The van der Waals surface area contributed by atoms with Crippen molar-refractivity contribution in [1.82, 2.24) is 0 Å². The Morgan fingerprint density at radius 3 is 2.04 bits per heavy atom. The van der Waals surface area contributed by atoms with Crippen LogP contribution in [0, 0.1) is 0 Å². The second kappa shape index (κ2) is 8.59. The number of esters is 3. The molecule has 1 saturated heterocycles. The molecular formula is C15H26O8Si. The maximum atomic E-state index is 11.4. The van der Waals surface area contributed by atoms with Crippen molar-refractivity contribution in [2.75, 3.05) is 6.61 Å². The van der Waals surface area contributed by atoms with Gasteiger partial charge in [-0.15, -0.1) is 0 Å². The van der Waals surface area contributed by atoms with Crippen molar-refractivity contribution < 1.29 is 37.8 Å². The Morgan fingerprint density at radius 2 is 1.58 bits per heavy atom. The molecule has 0 spiro atoms. The van der Waals surface area contributed by atoms with Crippen LogP contribution in [0.5, 0.6) is 0 Å². The standard InChI is InChI=1S/C15H26O8Si/c1-9(16)19-8-13-15(21-11(3)18)12(20-10(2)17)7-14(22-13)23-24(4,5)6/h12-15H,7-8H2,1-6H3/t12-,13-,14-,15+/m1/s1. The number of ether oxygens (including phenoxy) is 4. The maximum absolute atomic E-state index is 11.4. The van der Waals surface area contributed by atoms with Gasteiger partial charge in [-0.1, -0.05) is 0 Å². The molecule has 0 unspecified atom stereocenters. The van der Waals surface area contributed by atoms with E-state index in [4.69, 9.17) is 23.4 Å². The summed E-state index contributed by atoms with van der Waals surface area (Å²) in [6, 6.07) is 0. The fourth-order valence-corrected chi connectivity index (χ4v) is 3.31. The molecule has 0 bridgehead atoms. The fraction of sp³-hybridized carbons (Fsp3) is 0.800. The summed E-state index contributed by atoms with van der Waals surface area (Å²) in [6.45, 7) is 9.65. The van der Waals surface area contributed by atoms with Gasteiger partial charge in [-0.3, -0.25) is 14.4 Å². The van der Waals surface area contributed by atoms with Crippen LogP contribution in [0.4, 0.5) is 0 Å². The van der Waals surface area contributed by atoms with Crippen LogP contribution in [0.2, 0.25) is 19.6 Å². The minimum Gasteiger partial charge on any atom is -0.463 e. The lowest BCUT2D eigenvalue weighted by Gasteiger charge is -2.41. The molecule has 138 valence electrons. The van der Waals surface area contributed by atoms with Crippen molar-refractivity contribution >= 4 is 26.2 Å². The fourth-order valence-electron chi connectivity index (χ4n) is 2.37. The van der Waals surface area contributed by atoms with Crippen LogP contribution in [-0.2, 0) is 37.8 Å². The molecule has 0 saturated carbocycles. The smallest absolute Gasteiger partial charge is 0.303 e. The highest BCUT2D eigenvalue weighted by molar-refractivity contribution is 6.69. The number of hydrogen-bond donors (Lipinski definition) is 0. The Kier molecular flexibility index (Phi) is 7.37. The van der Waals surface area contributed by atoms with E-state index in [0.29, 0.717) is 0 Å². The zero-order valence-corrected chi connectivity index (χ0v) is 16.0. The van der Waals surface area contributed by atoms with E-state index in [2.05, 4.69) is 0 Å². The first-order valence-corrected chi connectivity index (χ1v) is 11.2. The molecule has 1 rings (SSSR count). The Bertz CT molecular complexity index is 473. The van der Waals surface area contributed by atoms with E-state index in [0.717, 1.165) is 0 Å². The third-order valence-electron chi connectivity index (χ3n) is 3.04. The van der Waals surface area contributed by atoms with Crippen LogP contribution < -0.4 is 0 Å². The summed E-state index contributed by atoms with van der Waals surface area (Å²) in [4.78, 5) is 33.9. The number of rotatable bonds is 6.